The Balaban J connectivity index is 1.81. The molecule has 0 heterocycles. The van der Waals surface area contributed by atoms with E-state index in [4.69, 9.17) is 16.3 Å². The molecule has 166 valence electrons. The molecular weight excluding hydrogens is 430 g/mol. The minimum atomic E-state index is -0.936. The topological polar surface area (TPSA) is 38.3 Å². The average molecular weight is 456 g/mol. The van der Waals surface area contributed by atoms with Crippen LogP contribution in [0.1, 0.15) is 23.6 Å². The second-order valence-corrected chi connectivity index (χ2v) is 8.29. The number of carbonyl (C=O) groups is 1. The highest BCUT2D eigenvalue weighted by Crippen LogP contribution is 2.37. The van der Waals surface area contributed by atoms with Crippen molar-refractivity contribution in [3.63, 3.8) is 0 Å². The molecule has 1 N–H and O–H groups in total. The summed E-state index contributed by atoms with van der Waals surface area (Å²) in [6.07, 6.45) is 0.487. The lowest BCUT2D eigenvalue weighted by molar-refractivity contribution is -0.120. The van der Waals surface area contributed by atoms with E-state index in [2.05, 4.69) is 5.32 Å². The third kappa shape index (κ3) is 5.10. The monoisotopic (exact) mass is 455 g/mol. The lowest BCUT2D eigenvalue weighted by atomic mass is 9.69. The number of anilines is 1. The number of hydrogen-bond donors (Lipinski definition) is 1. The Bertz CT molecular complexity index is 1130. The van der Waals surface area contributed by atoms with E-state index in [0.29, 0.717) is 18.1 Å². The van der Waals surface area contributed by atoms with E-state index in [1.165, 1.54) is 0 Å². The van der Waals surface area contributed by atoms with Crippen LogP contribution in [-0.2, 0) is 16.6 Å². The molecule has 0 fully saturated rings. The molecule has 0 aliphatic rings. The highest BCUT2D eigenvalue weighted by Gasteiger charge is 2.42. The van der Waals surface area contributed by atoms with Crippen molar-refractivity contribution in [2.75, 3.05) is 11.9 Å². The average Bonchev–Trinajstić information content (AvgIpc) is 2.86. The van der Waals surface area contributed by atoms with Crippen LogP contribution in [0.3, 0.4) is 0 Å². The normalized spacial score (nSPS) is 11.1. The van der Waals surface area contributed by atoms with Gasteiger partial charge in [-0.1, -0.05) is 84.4 Å². The van der Waals surface area contributed by atoms with Gasteiger partial charge in [-0.3, -0.25) is 4.79 Å². The number of ether oxygens (including phenoxy) is 1. The van der Waals surface area contributed by atoms with Gasteiger partial charge in [0.2, 0.25) is 5.91 Å². The maximum atomic E-state index is 14.1. The molecule has 0 aliphatic carbocycles. The Morgan fingerprint density at radius 1 is 0.788 bits per heavy atom. The van der Waals surface area contributed by atoms with Gasteiger partial charge in [-0.25, -0.2) is 0 Å². The van der Waals surface area contributed by atoms with Crippen molar-refractivity contribution in [3.05, 3.63) is 131 Å². The van der Waals surface area contributed by atoms with Gasteiger partial charge in [-0.15, -0.1) is 0 Å². The fourth-order valence-corrected chi connectivity index (χ4v) is 4.23. The van der Waals surface area contributed by atoms with Crippen molar-refractivity contribution in [2.24, 2.45) is 0 Å². The van der Waals surface area contributed by atoms with Gasteiger partial charge in [0, 0.05) is 10.7 Å². The van der Waals surface area contributed by atoms with E-state index in [-0.39, 0.29) is 5.91 Å². The zero-order chi connectivity index (χ0) is 23.1. The molecule has 4 aromatic carbocycles. The van der Waals surface area contributed by atoms with E-state index in [1.54, 1.807) is 0 Å². The summed E-state index contributed by atoms with van der Waals surface area (Å²) in [4.78, 5) is 14.1. The summed E-state index contributed by atoms with van der Waals surface area (Å²) >= 11 is 6.13. The van der Waals surface area contributed by atoms with Crippen LogP contribution in [0.15, 0.2) is 109 Å². The first-order valence-corrected chi connectivity index (χ1v) is 11.4. The molecule has 0 saturated carbocycles. The largest absolute Gasteiger partial charge is 0.494 e. The Hall–Kier alpha value is -3.56. The number of hydrogen-bond acceptors (Lipinski definition) is 2. The van der Waals surface area contributed by atoms with Gasteiger partial charge >= 0.3 is 0 Å². The van der Waals surface area contributed by atoms with Crippen LogP contribution in [0.4, 0.5) is 5.69 Å². The molecule has 4 aromatic rings. The molecular formula is C29H26ClNO2. The first-order chi connectivity index (χ1) is 16.1. The minimum Gasteiger partial charge on any atom is -0.494 e. The second kappa shape index (κ2) is 10.4. The first-order valence-electron chi connectivity index (χ1n) is 11.0. The number of halogens is 1. The number of amides is 1. The van der Waals surface area contributed by atoms with Crippen LogP contribution in [-0.4, -0.2) is 12.5 Å². The summed E-state index contributed by atoms with van der Waals surface area (Å²) in [6.45, 7) is 2.54. The predicted octanol–water partition coefficient (Wildman–Crippen LogP) is 6.91. The summed E-state index contributed by atoms with van der Waals surface area (Å²) in [5.74, 6) is 0.674. The van der Waals surface area contributed by atoms with Crippen LogP contribution < -0.4 is 10.1 Å². The van der Waals surface area contributed by atoms with Gasteiger partial charge in [-0.05, 0) is 66.4 Å². The molecule has 0 spiro atoms. The maximum Gasteiger partial charge on any atom is 0.239 e. The molecule has 0 saturated heterocycles. The van der Waals surface area contributed by atoms with Gasteiger partial charge in [-0.2, -0.15) is 0 Å². The smallest absolute Gasteiger partial charge is 0.239 e. The van der Waals surface area contributed by atoms with Crippen molar-refractivity contribution in [2.45, 2.75) is 18.8 Å². The molecule has 0 unspecified atom stereocenters. The van der Waals surface area contributed by atoms with Gasteiger partial charge in [0.25, 0.3) is 0 Å². The number of rotatable bonds is 8. The lowest BCUT2D eigenvalue weighted by Gasteiger charge is -2.34. The Morgan fingerprint density at radius 3 is 1.85 bits per heavy atom. The van der Waals surface area contributed by atoms with Gasteiger partial charge in [0.05, 0.1) is 6.61 Å². The first kappa shape index (κ1) is 22.6. The summed E-state index contributed by atoms with van der Waals surface area (Å²) in [6, 6.07) is 35.0. The zero-order valence-corrected chi connectivity index (χ0v) is 19.3. The molecule has 0 aromatic heterocycles. The quantitative estimate of drug-likeness (QED) is 0.313. The highest BCUT2D eigenvalue weighted by molar-refractivity contribution is 6.30. The third-order valence-electron chi connectivity index (χ3n) is 5.73. The van der Waals surface area contributed by atoms with Crippen molar-refractivity contribution in [3.8, 4) is 5.75 Å². The van der Waals surface area contributed by atoms with Crippen molar-refractivity contribution < 1.29 is 9.53 Å². The Kier molecular flexibility index (Phi) is 7.11. The van der Waals surface area contributed by atoms with Gasteiger partial charge < -0.3 is 10.1 Å². The van der Waals surface area contributed by atoms with E-state index in [1.807, 2.05) is 116 Å². The van der Waals surface area contributed by atoms with Crippen LogP contribution in [0, 0.1) is 0 Å². The Morgan fingerprint density at radius 2 is 1.33 bits per heavy atom. The Labute approximate surface area is 200 Å². The molecule has 1 amide bonds. The van der Waals surface area contributed by atoms with Crippen molar-refractivity contribution in [1.82, 2.24) is 0 Å². The molecule has 0 atom stereocenters. The predicted molar refractivity (Wildman–Crippen MR) is 135 cm³/mol. The van der Waals surface area contributed by atoms with Gasteiger partial charge in [0.15, 0.2) is 0 Å². The van der Waals surface area contributed by atoms with E-state index >= 15 is 0 Å². The van der Waals surface area contributed by atoms with E-state index in [0.717, 1.165) is 28.1 Å². The molecule has 3 nitrogen and oxygen atoms in total. The fraction of sp³-hybridized carbons (Fsp3) is 0.138. The number of nitrogens with one attached hydrogen (secondary N) is 1. The van der Waals surface area contributed by atoms with Crippen LogP contribution >= 0.6 is 11.6 Å². The van der Waals surface area contributed by atoms with Crippen molar-refractivity contribution in [1.29, 1.82) is 0 Å². The molecule has 33 heavy (non-hydrogen) atoms. The zero-order valence-electron chi connectivity index (χ0n) is 18.5. The lowest BCUT2D eigenvalue weighted by Crippen LogP contribution is -2.43. The van der Waals surface area contributed by atoms with Crippen LogP contribution in [0.2, 0.25) is 5.02 Å². The van der Waals surface area contributed by atoms with Crippen LogP contribution in [0.5, 0.6) is 5.75 Å². The maximum absolute atomic E-state index is 14.1. The van der Waals surface area contributed by atoms with Crippen LogP contribution in [0.25, 0.3) is 0 Å². The minimum absolute atomic E-state index is 0.0981. The molecule has 0 bridgehead atoms. The van der Waals surface area contributed by atoms with E-state index < -0.39 is 5.41 Å². The number of benzene rings is 4. The summed E-state index contributed by atoms with van der Waals surface area (Å²) < 4.78 is 5.54. The SMILES string of the molecule is CCOc1ccc(NC(=O)C(Cc2ccc(Cl)cc2)(c2ccccc2)c2ccccc2)cc1. The van der Waals surface area contributed by atoms with Crippen molar-refractivity contribution >= 4 is 23.2 Å². The molecule has 0 radical (unpaired) electrons. The van der Waals surface area contributed by atoms with Gasteiger partial charge in [0.1, 0.15) is 11.2 Å². The highest BCUT2D eigenvalue weighted by atomic mass is 35.5. The summed E-state index contributed by atoms with van der Waals surface area (Å²) in [7, 11) is 0. The molecule has 0 aliphatic heterocycles. The molecule has 4 rings (SSSR count). The molecule has 4 heteroatoms. The summed E-state index contributed by atoms with van der Waals surface area (Å²) in [5, 5.41) is 3.83. The van der Waals surface area contributed by atoms with E-state index in [9.17, 15) is 4.79 Å². The fourth-order valence-electron chi connectivity index (χ4n) is 4.11. The third-order valence-corrected chi connectivity index (χ3v) is 5.98. The standard InChI is InChI=1S/C29H26ClNO2/c1-2-33-27-19-17-26(18-20-27)31-28(32)29(23-9-5-3-6-10-23,24-11-7-4-8-12-24)21-22-13-15-25(30)16-14-22/h3-20H,2,21H2,1H3,(H,31,32). The summed E-state index contributed by atoms with van der Waals surface area (Å²) in [5.41, 5.74) is 2.66. The second-order valence-electron chi connectivity index (χ2n) is 7.85. The number of carbonyl (C=O) groups excluding carboxylic acids is 1.